The summed E-state index contributed by atoms with van der Waals surface area (Å²) in [6.07, 6.45) is 1.21. The Hall–Kier alpha value is -2.22. The van der Waals surface area contributed by atoms with Gasteiger partial charge in [-0.15, -0.1) is 0 Å². The summed E-state index contributed by atoms with van der Waals surface area (Å²) in [4.78, 5) is 17.4. The van der Waals surface area contributed by atoms with Gasteiger partial charge in [-0.2, -0.15) is 0 Å². The Balaban J connectivity index is 1.24. The first-order valence-corrected chi connectivity index (χ1v) is 13.1. The second kappa shape index (κ2) is 10.1. The second-order valence-electron chi connectivity index (χ2n) is 9.00. The highest BCUT2D eigenvalue weighted by Crippen LogP contribution is 2.24. The third kappa shape index (κ3) is 5.77. The molecular formula is C25H33N3O3S. The maximum absolute atomic E-state index is 13.0. The first kappa shape index (κ1) is 23.0. The van der Waals surface area contributed by atoms with Crippen molar-refractivity contribution >= 4 is 15.9 Å². The van der Waals surface area contributed by atoms with Crippen LogP contribution in [-0.2, 0) is 27.1 Å². The van der Waals surface area contributed by atoms with E-state index in [-0.39, 0.29) is 17.6 Å². The zero-order valence-electron chi connectivity index (χ0n) is 18.8. The minimum atomic E-state index is -3.36. The summed E-state index contributed by atoms with van der Waals surface area (Å²) in [6.45, 7) is 7.02. The molecule has 0 aliphatic carbocycles. The molecule has 0 radical (unpaired) electrons. The van der Waals surface area contributed by atoms with Crippen molar-refractivity contribution in [3.63, 3.8) is 0 Å². The SMILES string of the molecule is Cc1ccc(CS(=O)(=O)N2CCC(C(=O)N3CCN(Cc4ccccc4)CC3)CC2)cc1. The number of carbonyl (C=O) groups excluding carboxylic acids is 1. The van der Waals surface area contributed by atoms with Crippen LogP contribution in [0.2, 0.25) is 0 Å². The van der Waals surface area contributed by atoms with Gasteiger partial charge in [-0.1, -0.05) is 60.2 Å². The molecule has 4 rings (SSSR count). The zero-order chi connectivity index (χ0) is 22.6. The van der Waals surface area contributed by atoms with Crippen molar-refractivity contribution in [2.45, 2.75) is 32.1 Å². The largest absolute Gasteiger partial charge is 0.340 e. The van der Waals surface area contributed by atoms with Crippen LogP contribution < -0.4 is 0 Å². The van der Waals surface area contributed by atoms with Gasteiger partial charge in [-0.05, 0) is 30.9 Å². The second-order valence-corrected chi connectivity index (χ2v) is 11.0. The number of hydrogen-bond acceptors (Lipinski definition) is 4. The molecule has 0 aromatic heterocycles. The standard InChI is InChI=1S/C25H33N3O3S/c1-21-7-9-23(10-8-21)20-32(30,31)28-13-11-24(12-14-28)25(29)27-17-15-26(16-18-27)19-22-5-3-2-4-6-22/h2-10,24H,11-20H2,1H3. The zero-order valence-corrected chi connectivity index (χ0v) is 19.6. The Labute approximate surface area is 191 Å². The minimum absolute atomic E-state index is 0.0231. The van der Waals surface area contributed by atoms with Crippen molar-refractivity contribution < 1.29 is 13.2 Å². The molecule has 2 aliphatic heterocycles. The number of nitrogens with zero attached hydrogens (tertiary/aromatic N) is 3. The highest BCUT2D eigenvalue weighted by atomic mass is 32.2. The fourth-order valence-corrected chi connectivity index (χ4v) is 6.16. The number of piperidine rings is 1. The number of rotatable bonds is 6. The first-order valence-electron chi connectivity index (χ1n) is 11.5. The van der Waals surface area contributed by atoms with E-state index in [1.165, 1.54) is 5.56 Å². The van der Waals surface area contributed by atoms with E-state index < -0.39 is 10.0 Å². The maximum Gasteiger partial charge on any atom is 0.225 e. The van der Waals surface area contributed by atoms with Gasteiger partial charge in [0.2, 0.25) is 15.9 Å². The lowest BCUT2D eigenvalue weighted by Gasteiger charge is -2.38. The van der Waals surface area contributed by atoms with Gasteiger partial charge in [0.25, 0.3) is 0 Å². The summed E-state index contributed by atoms with van der Waals surface area (Å²) in [5.74, 6) is 0.149. The molecule has 0 atom stereocenters. The van der Waals surface area contributed by atoms with Gasteiger partial charge in [0.1, 0.15) is 0 Å². The Kier molecular flexibility index (Phi) is 7.28. The molecule has 2 aromatic carbocycles. The summed E-state index contributed by atoms with van der Waals surface area (Å²) in [7, 11) is -3.36. The highest BCUT2D eigenvalue weighted by molar-refractivity contribution is 7.88. The Morgan fingerprint density at radius 1 is 0.844 bits per heavy atom. The molecule has 0 saturated carbocycles. The minimum Gasteiger partial charge on any atom is -0.340 e. The van der Waals surface area contributed by atoms with Crippen LogP contribution in [0.3, 0.4) is 0 Å². The molecule has 172 valence electrons. The van der Waals surface area contributed by atoms with Crippen molar-refractivity contribution in [2.24, 2.45) is 5.92 Å². The fourth-order valence-electron chi connectivity index (χ4n) is 4.59. The van der Waals surface area contributed by atoms with Gasteiger partial charge in [0.15, 0.2) is 0 Å². The highest BCUT2D eigenvalue weighted by Gasteiger charge is 2.34. The number of amides is 1. The van der Waals surface area contributed by atoms with Crippen molar-refractivity contribution in [2.75, 3.05) is 39.3 Å². The number of carbonyl (C=O) groups is 1. The van der Waals surface area contributed by atoms with Crippen LogP contribution in [0.5, 0.6) is 0 Å². The molecule has 2 aromatic rings. The maximum atomic E-state index is 13.0. The van der Waals surface area contributed by atoms with E-state index >= 15 is 0 Å². The molecule has 2 saturated heterocycles. The van der Waals surface area contributed by atoms with Crippen LogP contribution in [0.15, 0.2) is 54.6 Å². The third-order valence-electron chi connectivity index (χ3n) is 6.60. The monoisotopic (exact) mass is 455 g/mol. The van der Waals surface area contributed by atoms with E-state index in [1.807, 2.05) is 42.2 Å². The van der Waals surface area contributed by atoms with Crippen molar-refractivity contribution in [1.29, 1.82) is 0 Å². The van der Waals surface area contributed by atoms with Crippen molar-refractivity contribution in [1.82, 2.24) is 14.1 Å². The lowest BCUT2D eigenvalue weighted by molar-refractivity contribution is -0.138. The summed E-state index contributed by atoms with van der Waals surface area (Å²) < 4.78 is 27.2. The Morgan fingerprint density at radius 3 is 2.09 bits per heavy atom. The number of piperazine rings is 1. The Bertz CT molecular complexity index is 992. The van der Waals surface area contributed by atoms with E-state index in [1.54, 1.807) is 4.31 Å². The molecule has 6 nitrogen and oxygen atoms in total. The quantitative estimate of drug-likeness (QED) is 0.672. The van der Waals surface area contributed by atoms with E-state index in [9.17, 15) is 13.2 Å². The predicted octanol–water partition coefficient (Wildman–Crippen LogP) is 2.88. The molecule has 0 unspecified atom stereocenters. The first-order chi connectivity index (χ1) is 15.4. The third-order valence-corrected chi connectivity index (χ3v) is 8.45. The van der Waals surface area contributed by atoms with Gasteiger partial charge in [0.05, 0.1) is 5.75 Å². The number of aryl methyl sites for hydroxylation is 1. The summed E-state index contributed by atoms with van der Waals surface area (Å²) >= 11 is 0. The van der Waals surface area contributed by atoms with Crippen LogP contribution in [0.4, 0.5) is 0 Å². The number of benzene rings is 2. The molecule has 1 amide bonds. The van der Waals surface area contributed by atoms with E-state index in [2.05, 4.69) is 29.2 Å². The van der Waals surface area contributed by atoms with Gasteiger partial charge in [-0.3, -0.25) is 9.69 Å². The molecule has 0 bridgehead atoms. The normalized spacial score (nSPS) is 19.2. The molecule has 7 heteroatoms. The van der Waals surface area contributed by atoms with Crippen molar-refractivity contribution in [3.05, 3.63) is 71.3 Å². The van der Waals surface area contributed by atoms with Crippen LogP contribution in [0.25, 0.3) is 0 Å². The van der Waals surface area contributed by atoms with Gasteiger partial charge in [0, 0.05) is 51.7 Å². The van der Waals surface area contributed by atoms with E-state index in [0.717, 1.165) is 43.9 Å². The topological polar surface area (TPSA) is 60.9 Å². The molecule has 2 aliphatic rings. The van der Waals surface area contributed by atoms with Gasteiger partial charge >= 0.3 is 0 Å². The van der Waals surface area contributed by atoms with Gasteiger partial charge < -0.3 is 4.90 Å². The average molecular weight is 456 g/mol. The number of hydrogen-bond donors (Lipinski definition) is 0. The molecule has 0 spiro atoms. The summed E-state index contributed by atoms with van der Waals surface area (Å²) in [5, 5.41) is 0. The van der Waals surface area contributed by atoms with Crippen LogP contribution in [0, 0.1) is 12.8 Å². The molecular weight excluding hydrogens is 422 g/mol. The Morgan fingerprint density at radius 2 is 1.47 bits per heavy atom. The molecule has 32 heavy (non-hydrogen) atoms. The molecule has 0 N–H and O–H groups in total. The summed E-state index contributed by atoms with van der Waals surface area (Å²) in [5.41, 5.74) is 3.22. The molecule has 2 fully saturated rings. The lowest BCUT2D eigenvalue weighted by Crippen LogP contribution is -2.51. The average Bonchev–Trinajstić information content (AvgIpc) is 2.81. The fraction of sp³-hybridized carbons (Fsp3) is 0.480. The lowest BCUT2D eigenvalue weighted by atomic mass is 9.96. The van der Waals surface area contributed by atoms with Crippen LogP contribution >= 0.6 is 0 Å². The predicted molar refractivity (Wildman–Crippen MR) is 126 cm³/mol. The van der Waals surface area contributed by atoms with Crippen LogP contribution in [-0.4, -0.2) is 67.7 Å². The van der Waals surface area contributed by atoms with E-state index in [0.29, 0.717) is 25.9 Å². The van der Waals surface area contributed by atoms with Gasteiger partial charge in [-0.25, -0.2) is 12.7 Å². The van der Waals surface area contributed by atoms with Crippen LogP contribution in [0.1, 0.15) is 29.5 Å². The number of sulfonamides is 1. The molecule has 2 heterocycles. The smallest absolute Gasteiger partial charge is 0.225 e. The van der Waals surface area contributed by atoms with Crippen molar-refractivity contribution in [3.8, 4) is 0 Å². The summed E-state index contributed by atoms with van der Waals surface area (Å²) in [6, 6.07) is 18.0. The van der Waals surface area contributed by atoms with E-state index in [4.69, 9.17) is 0 Å².